The summed E-state index contributed by atoms with van der Waals surface area (Å²) in [5.41, 5.74) is 0. The second kappa shape index (κ2) is 7.57. The summed E-state index contributed by atoms with van der Waals surface area (Å²) in [4.78, 5) is 0. The van der Waals surface area contributed by atoms with Crippen LogP contribution in [0.15, 0.2) is 0 Å². The summed E-state index contributed by atoms with van der Waals surface area (Å²) in [7, 11) is -3.25. The van der Waals surface area contributed by atoms with Crippen LogP contribution in [0.3, 0.4) is 0 Å². The van der Waals surface area contributed by atoms with Crippen LogP contribution in [-0.2, 0) is 14.8 Å². The molecule has 3 unspecified atom stereocenters. The lowest BCUT2D eigenvalue weighted by Gasteiger charge is -2.38. The number of hydrogen-bond donors (Lipinski definition) is 1. The number of nitrogens with one attached hydrogen (secondary N) is 1. The van der Waals surface area contributed by atoms with Gasteiger partial charge in [0.1, 0.15) is 0 Å². The molecule has 1 N–H and O–H groups in total. The van der Waals surface area contributed by atoms with Gasteiger partial charge in [0.2, 0.25) is 10.0 Å². The minimum atomic E-state index is -3.25. The Labute approximate surface area is 117 Å². The van der Waals surface area contributed by atoms with E-state index in [1.165, 1.54) is 0 Å². The molecule has 1 heterocycles. The lowest BCUT2D eigenvalue weighted by molar-refractivity contribution is -0.0233. The quantitative estimate of drug-likeness (QED) is 0.717. The summed E-state index contributed by atoms with van der Waals surface area (Å²) in [5.74, 6) is 0. The summed E-state index contributed by atoms with van der Waals surface area (Å²) in [6, 6.07) is -0.0187. The zero-order valence-electron chi connectivity index (χ0n) is 12.6. The van der Waals surface area contributed by atoms with Crippen LogP contribution < -0.4 is 5.32 Å². The second-order valence-corrected chi connectivity index (χ2v) is 7.64. The van der Waals surface area contributed by atoms with Gasteiger partial charge >= 0.3 is 0 Å². The molecule has 19 heavy (non-hydrogen) atoms. The van der Waals surface area contributed by atoms with Crippen molar-refractivity contribution in [3.05, 3.63) is 0 Å². The molecule has 3 atom stereocenters. The molecular weight excluding hydrogens is 264 g/mol. The van der Waals surface area contributed by atoms with E-state index in [1.54, 1.807) is 11.2 Å². The highest BCUT2D eigenvalue weighted by Crippen LogP contribution is 2.21. The Morgan fingerprint density at radius 1 is 1.42 bits per heavy atom. The van der Waals surface area contributed by atoms with Crippen molar-refractivity contribution in [1.82, 2.24) is 9.62 Å². The van der Waals surface area contributed by atoms with E-state index in [2.05, 4.69) is 12.2 Å². The van der Waals surface area contributed by atoms with Crippen molar-refractivity contribution in [3.8, 4) is 0 Å². The number of rotatable bonds is 7. The minimum absolute atomic E-state index is 0.0187. The van der Waals surface area contributed by atoms with Crippen LogP contribution in [0, 0.1) is 0 Å². The van der Waals surface area contributed by atoms with Crippen molar-refractivity contribution < 1.29 is 13.2 Å². The predicted octanol–water partition coefficient (Wildman–Crippen LogP) is 1.20. The number of nitrogens with zero attached hydrogens (tertiary/aromatic N) is 1. The third kappa shape index (κ3) is 4.41. The molecule has 1 aliphatic heterocycles. The molecule has 0 aromatic heterocycles. The largest absolute Gasteiger partial charge is 0.375 e. The fourth-order valence-electron chi connectivity index (χ4n) is 2.27. The third-order valence-electron chi connectivity index (χ3n) is 3.58. The summed E-state index contributed by atoms with van der Waals surface area (Å²) < 4.78 is 32.5. The Morgan fingerprint density at radius 3 is 2.68 bits per heavy atom. The number of ether oxygens (including phenoxy) is 1. The van der Waals surface area contributed by atoms with Crippen LogP contribution in [0.5, 0.6) is 0 Å². The fraction of sp³-hybridized carbons (Fsp3) is 1.00. The maximum absolute atomic E-state index is 12.6. The van der Waals surface area contributed by atoms with Gasteiger partial charge in [0.25, 0.3) is 0 Å². The summed E-state index contributed by atoms with van der Waals surface area (Å²) in [6.07, 6.45) is 1.79. The van der Waals surface area contributed by atoms with Gasteiger partial charge in [-0.2, -0.15) is 4.31 Å². The first-order valence-corrected chi connectivity index (χ1v) is 8.76. The molecule has 0 radical (unpaired) electrons. The zero-order chi connectivity index (χ0) is 14.5. The maximum atomic E-state index is 12.6. The van der Waals surface area contributed by atoms with E-state index in [0.717, 1.165) is 19.4 Å². The van der Waals surface area contributed by atoms with Gasteiger partial charge in [0, 0.05) is 19.1 Å². The molecule has 1 saturated heterocycles. The molecule has 0 aromatic carbocycles. The van der Waals surface area contributed by atoms with E-state index in [9.17, 15) is 8.42 Å². The van der Waals surface area contributed by atoms with Crippen LogP contribution in [0.4, 0.5) is 0 Å². The molecule has 6 heteroatoms. The highest BCUT2D eigenvalue weighted by atomic mass is 32.2. The van der Waals surface area contributed by atoms with Crippen molar-refractivity contribution in [2.45, 2.75) is 57.9 Å². The molecule has 114 valence electrons. The van der Waals surface area contributed by atoms with Crippen LogP contribution in [0.2, 0.25) is 0 Å². The Hall–Kier alpha value is -0.170. The highest BCUT2D eigenvalue weighted by Gasteiger charge is 2.37. The van der Waals surface area contributed by atoms with Gasteiger partial charge in [0.15, 0.2) is 0 Å². The van der Waals surface area contributed by atoms with Crippen LogP contribution >= 0.6 is 0 Å². The molecule has 0 spiro atoms. The van der Waals surface area contributed by atoms with E-state index in [4.69, 9.17) is 4.74 Å². The molecule has 1 aliphatic rings. The molecule has 0 saturated carbocycles. The first-order valence-electron chi connectivity index (χ1n) is 7.26. The van der Waals surface area contributed by atoms with Crippen LogP contribution in [0.25, 0.3) is 0 Å². The second-order valence-electron chi connectivity index (χ2n) is 5.34. The maximum Gasteiger partial charge on any atom is 0.218 e. The molecule has 1 rings (SSSR count). The Kier molecular flexibility index (Phi) is 6.73. The first-order chi connectivity index (χ1) is 8.93. The van der Waals surface area contributed by atoms with Crippen molar-refractivity contribution in [3.63, 3.8) is 0 Å². The molecular formula is C13H28N2O3S. The average Bonchev–Trinajstić information content (AvgIpc) is 2.38. The monoisotopic (exact) mass is 292 g/mol. The lowest BCUT2D eigenvalue weighted by Crippen LogP contribution is -2.54. The van der Waals surface area contributed by atoms with E-state index in [0.29, 0.717) is 19.7 Å². The van der Waals surface area contributed by atoms with E-state index >= 15 is 0 Å². The average molecular weight is 292 g/mol. The van der Waals surface area contributed by atoms with E-state index in [-0.39, 0.29) is 12.1 Å². The molecule has 0 bridgehead atoms. The highest BCUT2D eigenvalue weighted by molar-refractivity contribution is 7.89. The Morgan fingerprint density at radius 2 is 2.11 bits per heavy atom. The van der Waals surface area contributed by atoms with Crippen LogP contribution in [-0.4, -0.2) is 56.4 Å². The predicted molar refractivity (Wildman–Crippen MR) is 77.7 cm³/mol. The molecule has 1 fully saturated rings. The summed E-state index contributed by atoms with van der Waals surface area (Å²) >= 11 is 0. The Bertz CT molecular complexity index is 359. The van der Waals surface area contributed by atoms with Crippen molar-refractivity contribution in [2.75, 3.05) is 26.2 Å². The van der Waals surface area contributed by atoms with Gasteiger partial charge < -0.3 is 10.1 Å². The lowest BCUT2D eigenvalue weighted by atomic mass is 10.2. The standard InChI is InChI=1S/C13H28N2O3S/c1-5-7-14-8-12(4)19(16,17)15-9-11(3)18-10-13(15)6-2/h11-14H,5-10H2,1-4H3. The van der Waals surface area contributed by atoms with Gasteiger partial charge in [-0.05, 0) is 33.2 Å². The minimum Gasteiger partial charge on any atom is -0.375 e. The summed E-state index contributed by atoms with van der Waals surface area (Å²) in [6.45, 7) is 10.1. The normalized spacial score (nSPS) is 27.4. The Balaban J connectivity index is 2.72. The van der Waals surface area contributed by atoms with E-state index in [1.807, 2.05) is 13.8 Å². The van der Waals surface area contributed by atoms with Gasteiger partial charge in [-0.1, -0.05) is 13.8 Å². The molecule has 5 nitrogen and oxygen atoms in total. The number of morpholine rings is 1. The fourth-order valence-corrected chi connectivity index (χ4v) is 4.10. The molecule has 0 aliphatic carbocycles. The van der Waals surface area contributed by atoms with Gasteiger partial charge in [-0.3, -0.25) is 0 Å². The van der Waals surface area contributed by atoms with Gasteiger partial charge in [0.05, 0.1) is 18.0 Å². The third-order valence-corrected chi connectivity index (χ3v) is 5.87. The van der Waals surface area contributed by atoms with Crippen LogP contribution in [0.1, 0.15) is 40.5 Å². The molecule has 0 aromatic rings. The SMILES string of the molecule is CCCNCC(C)S(=O)(=O)N1CC(C)OCC1CC. The smallest absolute Gasteiger partial charge is 0.218 e. The van der Waals surface area contributed by atoms with Gasteiger partial charge in [-0.25, -0.2) is 8.42 Å². The van der Waals surface area contributed by atoms with Crippen molar-refractivity contribution in [2.24, 2.45) is 0 Å². The molecule has 0 amide bonds. The number of sulfonamides is 1. The van der Waals surface area contributed by atoms with Gasteiger partial charge in [-0.15, -0.1) is 0 Å². The van der Waals surface area contributed by atoms with Crippen molar-refractivity contribution in [1.29, 1.82) is 0 Å². The topological polar surface area (TPSA) is 58.6 Å². The summed E-state index contributed by atoms with van der Waals surface area (Å²) in [5, 5.41) is 2.80. The first kappa shape index (κ1) is 16.9. The van der Waals surface area contributed by atoms with E-state index < -0.39 is 15.3 Å². The van der Waals surface area contributed by atoms with Crippen molar-refractivity contribution >= 4 is 10.0 Å². The zero-order valence-corrected chi connectivity index (χ0v) is 13.4. The number of hydrogen-bond acceptors (Lipinski definition) is 4.